The number of anilines is 3. The number of nitrogens with two attached hydrogens (primary N) is 1. The molecule has 2 N–H and O–H groups in total. The Morgan fingerprint density at radius 3 is 2.52 bits per heavy atom. The maximum atomic E-state index is 14.4. The molecule has 29 heavy (non-hydrogen) atoms. The lowest BCUT2D eigenvalue weighted by Gasteiger charge is -2.38. The number of nitrogens with zero attached hydrogens (tertiary/aromatic N) is 3. The number of likely N-dealkylation sites (N-methyl/N-ethyl adjacent to an activating group) is 1. The summed E-state index contributed by atoms with van der Waals surface area (Å²) < 4.78 is 21.6. The van der Waals surface area contributed by atoms with Crippen LogP contribution in [0.2, 0.25) is 0 Å². The van der Waals surface area contributed by atoms with E-state index in [-0.39, 0.29) is 11.4 Å². The molecule has 4 rings (SSSR count). The molecule has 0 saturated heterocycles. The molecule has 8 heteroatoms. The summed E-state index contributed by atoms with van der Waals surface area (Å²) in [5.74, 6) is 0.320. The molecule has 0 spiro atoms. The highest BCUT2D eigenvalue weighted by atomic mass is 32.2. The van der Waals surface area contributed by atoms with Crippen LogP contribution in [0.5, 0.6) is 5.75 Å². The fraction of sp³-hybridized carbons (Fsp3) is 0.286. The van der Waals surface area contributed by atoms with Gasteiger partial charge in [-0.25, -0.2) is 4.39 Å². The molecule has 1 aliphatic heterocycles. The maximum absolute atomic E-state index is 14.4. The van der Waals surface area contributed by atoms with Crippen molar-refractivity contribution in [2.24, 2.45) is 12.2 Å². The Morgan fingerprint density at radius 1 is 1.07 bits per heavy atom. The summed E-state index contributed by atoms with van der Waals surface area (Å²) in [4.78, 5) is 17.0. The summed E-state index contributed by atoms with van der Waals surface area (Å²) in [6, 6.07) is 9.04. The van der Waals surface area contributed by atoms with Crippen LogP contribution in [0.3, 0.4) is 0 Å². The minimum Gasteiger partial charge on any atom is -0.497 e. The first-order chi connectivity index (χ1) is 13.8. The Labute approximate surface area is 172 Å². The van der Waals surface area contributed by atoms with Crippen LogP contribution in [0.15, 0.2) is 40.0 Å². The monoisotopic (exact) mass is 414 g/mol. The van der Waals surface area contributed by atoms with Crippen molar-refractivity contribution in [2.75, 3.05) is 37.0 Å². The Bertz CT molecular complexity index is 1180. The van der Waals surface area contributed by atoms with Gasteiger partial charge in [-0.1, -0.05) is 0 Å². The molecule has 1 aliphatic rings. The van der Waals surface area contributed by atoms with Crippen LogP contribution < -0.4 is 25.2 Å². The number of aryl methyl sites for hydroxylation is 2. The van der Waals surface area contributed by atoms with Crippen LogP contribution in [0.4, 0.5) is 21.5 Å². The molecule has 6 nitrogen and oxygen atoms in total. The van der Waals surface area contributed by atoms with Crippen molar-refractivity contribution in [1.82, 2.24) is 4.57 Å². The third kappa shape index (κ3) is 3.12. The Morgan fingerprint density at radius 2 is 1.83 bits per heavy atom. The summed E-state index contributed by atoms with van der Waals surface area (Å²) in [5, 5.41) is 6.62. The number of aromatic nitrogens is 1. The van der Waals surface area contributed by atoms with Gasteiger partial charge in [-0.05, 0) is 31.0 Å². The van der Waals surface area contributed by atoms with E-state index in [1.54, 1.807) is 24.8 Å². The number of pyridine rings is 1. The number of halogens is 1. The van der Waals surface area contributed by atoms with Gasteiger partial charge in [-0.15, -0.1) is 0 Å². The van der Waals surface area contributed by atoms with E-state index in [0.29, 0.717) is 22.8 Å². The van der Waals surface area contributed by atoms with Crippen LogP contribution in [0.25, 0.3) is 10.9 Å². The molecular weight excluding hydrogens is 391 g/mol. The van der Waals surface area contributed by atoms with E-state index < -0.39 is 0 Å². The smallest absolute Gasteiger partial charge is 0.253 e. The van der Waals surface area contributed by atoms with Gasteiger partial charge in [0.05, 0.1) is 34.6 Å². The Kier molecular flexibility index (Phi) is 4.92. The van der Waals surface area contributed by atoms with E-state index in [4.69, 9.17) is 9.88 Å². The zero-order valence-electron chi connectivity index (χ0n) is 16.8. The van der Waals surface area contributed by atoms with Gasteiger partial charge in [-0.2, -0.15) is 0 Å². The third-order valence-electron chi connectivity index (χ3n) is 5.52. The van der Waals surface area contributed by atoms with E-state index in [1.165, 1.54) is 6.07 Å². The SMILES string of the molecule is COc1cc(N2CCN(C)c3cc(F)c(SN)cc32)c2cc(C)c(=O)n(C)c2c1. The fourth-order valence-electron chi connectivity index (χ4n) is 3.90. The lowest BCUT2D eigenvalue weighted by Crippen LogP contribution is -2.37. The van der Waals surface area contributed by atoms with E-state index in [1.807, 2.05) is 37.1 Å². The Balaban J connectivity index is 2.03. The van der Waals surface area contributed by atoms with Crippen molar-refractivity contribution in [3.05, 3.63) is 52.1 Å². The van der Waals surface area contributed by atoms with Crippen LogP contribution in [0, 0.1) is 12.7 Å². The van der Waals surface area contributed by atoms with Crippen molar-refractivity contribution >= 4 is 39.9 Å². The van der Waals surface area contributed by atoms with Crippen LogP contribution in [0.1, 0.15) is 5.56 Å². The molecule has 1 aromatic heterocycles. The lowest BCUT2D eigenvalue weighted by molar-refractivity contribution is 0.415. The van der Waals surface area contributed by atoms with Gasteiger partial charge in [-0.3, -0.25) is 9.93 Å². The number of hydrogen-bond acceptors (Lipinski definition) is 6. The second kappa shape index (κ2) is 7.27. The van der Waals surface area contributed by atoms with Gasteiger partial charge in [0.25, 0.3) is 5.56 Å². The summed E-state index contributed by atoms with van der Waals surface area (Å²) in [6.45, 7) is 3.24. The Hall–Kier alpha value is -2.71. The van der Waals surface area contributed by atoms with Crippen molar-refractivity contribution in [3.63, 3.8) is 0 Å². The van der Waals surface area contributed by atoms with Gasteiger partial charge >= 0.3 is 0 Å². The fourth-order valence-corrected chi connectivity index (χ4v) is 4.25. The molecule has 0 saturated carbocycles. The molecule has 0 radical (unpaired) electrons. The normalized spacial score (nSPS) is 13.7. The van der Waals surface area contributed by atoms with Gasteiger partial charge in [0.2, 0.25) is 0 Å². The molecular formula is C21H23FN4O2S. The first kappa shape index (κ1) is 19.6. The average Bonchev–Trinajstić information content (AvgIpc) is 2.72. The number of fused-ring (bicyclic) bond motifs is 2. The van der Waals surface area contributed by atoms with E-state index >= 15 is 0 Å². The quantitative estimate of drug-likeness (QED) is 0.662. The topological polar surface area (TPSA) is 63.7 Å². The van der Waals surface area contributed by atoms with E-state index in [0.717, 1.165) is 46.5 Å². The zero-order valence-corrected chi connectivity index (χ0v) is 17.6. The van der Waals surface area contributed by atoms with E-state index in [9.17, 15) is 9.18 Å². The van der Waals surface area contributed by atoms with Crippen molar-refractivity contribution in [2.45, 2.75) is 11.8 Å². The van der Waals surface area contributed by atoms with Crippen LogP contribution >= 0.6 is 11.9 Å². The highest BCUT2D eigenvalue weighted by Gasteiger charge is 2.26. The van der Waals surface area contributed by atoms with Crippen molar-refractivity contribution in [1.29, 1.82) is 0 Å². The zero-order chi connectivity index (χ0) is 20.9. The molecule has 0 atom stereocenters. The number of ether oxygens (including phenoxy) is 1. The summed E-state index contributed by atoms with van der Waals surface area (Å²) in [5.41, 5.74) is 3.98. The molecule has 152 valence electrons. The predicted molar refractivity (Wildman–Crippen MR) is 117 cm³/mol. The largest absolute Gasteiger partial charge is 0.497 e. The highest BCUT2D eigenvalue weighted by molar-refractivity contribution is 7.97. The first-order valence-electron chi connectivity index (χ1n) is 9.23. The van der Waals surface area contributed by atoms with Crippen LogP contribution in [-0.2, 0) is 7.05 Å². The van der Waals surface area contributed by atoms with Gasteiger partial charge in [0.1, 0.15) is 11.6 Å². The lowest BCUT2D eigenvalue weighted by atomic mass is 10.1. The first-order valence-corrected chi connectivity index (χ1v) is 10.1. The standard InChI is InChI=1S/C21H23FN4O2S/c1-12-7-14-16(25(3)21(12)27)8-13(28-4)9-17(14)26-6-5-24(2)18-10-15(22)20(29-23)11-19(18)26/h7-11H,5-6,23H2,1-4H3. The molecule has 0 unspecified atom stereocenters. The summed E-state index contributed by atoms with van der Waals surface area (Å²) in [6.07, 6.45) is 0. The molecule has 0 aliphatic carbocycles. The third-order valence-corrected chi connectivity index (χ3v) is 6.08. The molecule has 3 aromatic rings. The number of methoxy groups -OCH3 is 1. The average molecular weight is 415 g/mol. The predicted octanol–water partition coefficient (Wildman–Crippen LogP) is 3.55. The number of hydrogen-bond donors (Lipinski definition) is 1. The molecule has 2 heterocycles. The number of rotatable bonds is 3. The molecule has 2 aromatic carbocycles. The van der Waals surface area contributed by atoms with Crippen molar-refractivity contribution < 1.29 is 9.13 Å². The summed E-state index contributed by atoms with van der Waals surface area (Å²) in [7, 11) is 5.31. The van der Waals surface area contributed by atoms with Gasteiger partial charge in [0.15, 0.2) is 0 Å². The van der Waals surface area contributed by atoms with Crippen LogP contribution in [-0.4, -0.2) is 31.8 Å². The molecule has 0 amide bonds. The van der Waals surface area contributed by atoms with Gasteiger partial charge < -0.3 is 19.1 Å². The minimum atomic E-state index is -0.335. The van der Waals surface area contributed by atoms with E-state index in [2.05, 4.69) is 4.90 Å². The second-order valence-corrected chi connectivity index (χ2v) is 7.91. The molecule has 0 fully saturated rings. The second-order valence-electron chi connectivity index (χ2n) is 7.23. The number of benzene rings is 2. The van der Waals surface area contributed by atoms with Gasteiger partial charge in [0, 0.05) is 56.3 Å². The summed E-state index contributed by atoms with van der Waals surface area (Å²) >= 11 is 0.895. The van der Waals surface area contributed by atoms with Crippen molar-refractivity contribution in [3.8, 4) is 5.75 Å². The highest BCUT2D eigenvalue weighted by Crippen LogP contribution is 2.43. The molecule has 0 bridgehead atoms. The maximum Gasteiger partial charge on any atom is 0.253 e. The minimum absolute atomic E-state index is 0.0423.